The first-order valence-electron chi connectivity index (χ1n) is 6.41. The number of benzene rings is 1. The van der Waals surface area contributed by atoms with Crippen LogP contribution in [0.15, 0.2) is 12.1 Å². The van der Waals surface area contributed by atoms with Crippen LogP contribution in [0.4, 0.5) is 5.69 Å². The zero-order chi connectivity index (χ0) is 15.1. The molecule has 1 rings (SSSR count). The zero-order valence-electron chi connectivity index (χ0n) is 12.6. The Morgan fingerprint density at radius 1 is 1.15 bits per heavy atom. The van der Waals surface area contributed by atoms with Gasteiger partial charge < -0.3 is 24.8 Å². The fourth-order valence-corrected chi connectivity index (χ4v) is 1.81. The number of methoxy groups -OCH3 is 3. The molecule has 0 heterocycles. The van der Waals surface area contributed by atoms with Crippen LogP contribution in [0.1, 0.15) is 13.8 Å². The first-order chi connectivity index (χ1) is 9.57. The van der Waals surface area contributed by atoms with Gasteiger partial charge in [-0.25, -0.2) is 0 Å². The van der Waals surface area contributed by atoms with E-state index in [9.17, 15) is 4.79 Å². The minimum atomic E-state index is -0.363. The summed E-state index contributed by atoms with van der Waals surface area (Å²) in [6.45, 7) is 4.26. The van der Waals surface area contributed by atoms with Gasteiger partial charge in [0, 0.05) is 24.4 Å². The van der Waals surface area contributed by atoms with Crippen molar-refractivity contribution in [2.24, 2.45) is 0 Å². The number of likely N-dealkylation sites (N-methyl/N-ethyl adjacent to an activating group) is 1. The molecule has 0 aliphatic heterocycles. The lowest BCUT2D eigenvalue weighted by Gasteiger charge is -2.18. The molecule has 0 aromatic heterocycles. The summed E-state index contributed by atoms with van der Waals surface area (Å²) in [5.41, 5.74) is 0.721. The van der Waals surface area contributed by atoms with E-state index in [-0.39, 0.29) is 11.9 Å². The molecule has 0 aliphatic rings. The number of rotatable bonds is 7. The summed E-state index contributed by atoms with van der Waals surface area (Å²) in [7, 11) is 4.65. The highest BCUT2D eigenvalue weighted by molar-refractivity contribution is 5.84. The Hall–Kier alpha value is -2.11. The van der Waals surface area contributed by atoms with Crippen molar-refractivity contribution in [2.75, 3.05) is 33.2 Å². The number of hydrogen-bond acceptors (Lipinski definition) is 5. The third-order valence-electron chi connectivity index (χ3n) is 2.79. The number of hydrogen-bond donors (Lipinski definition) is 2. The van der Waals surface area contributed by atoms with Gasteiger partial charge in [-0.15, -0.1) is 0 Å². The predicted octanol–water partition coefficient (Wildman–Crippen LogP) is 1.65. The molecular formula is C14H22N2O4. The predicted molar refractivity (Wildman–Crippen MR) is 77.9 cm³/mol. The van der Waals surface area contributed by atoms with E-state index >= 15 is 0 Å². The van der Waals surface area contributed by atoms with Gasteiger partial charge in [-0.1, -0.05) is 0 Å². The van der Waals surface area contributed by atoms with Gasteiger partial charge in [0.1, 0.15) is 6.04 Å². The smallest absolute Gasteiger partial charge is 0.242 e. The van der Waals surface area contributed by atoms with Gasteiger partial charge >= 0.3 is 0 Å². The lowest BCUT2D eigenvalue weighted by atomic mass is 10.2. The fraction of sp³-hybridized carbons (Fsp3) is 0.500. The maximum Gasteiger partial charge on any atom is 0.242 e. The van der Waals surface area contributed by atoms with Gasteiger partial charge in [0.05, 0.1) is 21.3 Å². The van der Waals surface area contributed by atoms with Crippen molar-refractivity contribution in [3.05, 3.63) is 12.1 Å². The van der Waals surface area contributed by atoms with Crippen molar-refractivity contribution in [3.63, 3.8) is 0 Å². The van der Waals surface area contributed by atoms with Crippen molar-refractivity contribution < 1.29 is 19.0 Å². The van der Waals surface area contributed by atoms with Crippen molar-refractivity contribution >= 4 is 11.6 Å². The minimum absolute atomic E-state index is 0.0683. The summed E-state index contributed by atoms with van der Waals surface area (Å²) in [6.07, 6.45) is 0. The summed E-state index contributed by atoms with van der Waals surface area (Å²) in [5, 5.41) is 5.86. The summed E-state index contributed by atoms with van der Waals surface area (Å²) in [4.78, 5) is 11.7. The summed E-state index contributed by atoms with van der Waals surface area (Å²) < 4.78 is 15.8. The highest BCUT2D eigenvalue weighted by Crippen LogP contribution is 2.40. The normalized spacial score (nSPS) is 11.4. The van der Waals surface area contributed by atoms with E-state index < -0.39 is 0 Å². The molecule has 0 radical (unpaired) electrons. The summed E-state index contributed by atoms with van der Waals surface area (Å²) >= 11 is 0. The van der Waals surface area contributed by atoms with Crippen LogP contribution in [0.3, 0.4) is 0 Å². The van der Waals surface area contributed by atoms with Gasteiger partial charge in [-0.2, -0.15) is 0 Å². The molecule has 6 heteroatoms. The number of ether oxygens (including phenoxy) is 3. The van der Waals surface area contributed by atoms with E-state index in [0.29, 0.717) is 23.8 Å². The molecule has 1 unspecified atom stereocenters. The average molecular weight is 282 g/mol. The molecule has 0 saturated carbocycles. The van der Waals surface area contributed by atoms with Gasteiger partial charge in [-0.3, -0.25) is 4.79 Å². The van der Waals surface area contributed by atoms with E-state index in [1.165, 1.54) is 0 Å². The average Bonchev–Trinajstić information content (AvgIpc) is 2.46. The van der Waals surface area contributed by atoms with Crippen LogP contribution in [-0.2, 0) is 4.79 Å². The molecule has 1 amide bonds. The molecule has 1 atom stereocenters. The Balaban J connectivity index is 2.98. The van der Waals surface area contributed by atoms with Crippen molar-refractivity contribution in [1.29, 1.82) is 0 Å². The maximum absolute atomic E-state index is 11.7. The van der Waals surface area contributed by atoms with Crippen LogP contribution in [0.25, 0.3) is 0 Å². The van der Waals surface area contributed by atoms with Gasteiger partial charge in [0.25, 0.3) is 0 Å². The molecule has 0 bridgehead atoms. The second kappa shape index (κ2) is 7.47. The lowest BCUT2D eigenvalue weighted by Crippen LogP contribution is -2.37. The first-order valence-corrected chi connectivity index (χ1v) is 6.41. The topological polar surface area (TPSA) is 68.8 Å². The third-order valence-corrected chi connectivity index (χ3v) is 2.79. The quantitative estimate of drug-likeness (QED) is 0.796. The molecule has 0 aliphatic carbocycles. The molecule has 20 heavy (non-hydrogen) atoms. The highest BCUT2D eigenvalue weighted by Gasteiger charge is 2.16. The number of amides is 1. The van der Waals surface area contributed by atoms with E-state index in [1.807, 2.05) is 6.92 Å². The van der Waals surface area contributed by atoms with E-state index in [4.69, 9.17) is 14.2 Å². The number of anilines is 1. The molecule has 0 spiro atoms. The molecule has 2 N–H and O–H groups in total. The molecular weight excluding hydrogens is 260 g/mol. The standard InChI is InChI=1S/C14H22N2O4/c1-6-15-14(17)9(2)16-10-7-11(18-3)13(20-5)12(8-10)19-4/h7-9,16H,6H2,1-5H3,(H,15,17). The molecule has 0 fully saturated rings. The molecule has 1 aromatic rings. The highest BCUT2D eigenvalue weighted by atomic mass is 16.5. The zero-order valence-corrected chi connectivity index (χ0v) is 12.6. The van der Waals surface area contributed by atoms with Gasteiger partial charge in [0.15, 0.2) is 11.5 Å². The second-order valence-electron chi connectivity index (χ2n) is 4.17. The first kappa shape index (κ1) is 15.9. The SMILES string of the molecule is CCNC(=O)C(C)Nc1cc(OC)c(OC)c(OC)c1. The third kappa shape index (κ3) is 3.69. The van der Waals surface area contributed by atoms with Crippen LogP contribution in [-0.4, -0.2) is 39.8 Å². The summed E-state index contributed by atoms with van der Waals surface area (Å²) in [6, 6.07) is 3.16. The second-order valence-corrected chi connectivity index (χ2v) is 4.17. The minimum Gasteiger partial charge on any atom is -0.493 e. The lowest BCUT2D eigenvalue weighted by molar-refractivity contribution is -0.121. The molecule has 0 saturated heterocycles. The van der Waals surface area contributed by atoms with Crippen molar-refractivity contribution in [3.8, 4) is 17.2 Å². The fourth-order valence-electron chi connectivity index (χ4n) is 1.81. The van der Waals surface area contributed by atoms with Gasteiger partial charge in [-0.05, 0) is 13.8 Å². The van der Waals surface area contributed by atoms with Crippen LogP contribution < -0.4 is 24.8 Å². The van der Waals surface area contributed by atoms with Crippen molar-refractivity contribution in [1.82, 2.24) is 5.32 Å². The van der Waals surface area contributed by atoms with Crippen molar-refractivity contribution in [2.45, 2.75) is 19.9 Å². The Morgan fingerprint density at radius 2 is 1.70 bits per heavy atom. The number of nitrogens with one attached hydrogen (secondary N) is 2. The Kier molecular flexibility index (Phi) is 5.96. The van der Waals surface area contributed by atoms with Crippen LogP contribution in [0.5, 0.6) is 17.2 Å². The monoisotopic (exact) mass is 282 g/mol. The van der Waals surface area contributed by atoms with Gasteiger partial charge in [0.2, 0.25) is 11.7 Å². The maximum atomic E-state index is 11.7. The summed E-state index contributed by atoms with van der Waals surface area (Å²) in [5.74, 6) is 1.53. The largest absolute Gasteiger partial charge is 0.493 e. The number of carbonyl (C=O) groups is 1. The molecule has 1 aromatic carbocycles. The molecule has 6 nitrogen and oxygen atoms in total. The van der Waals surface area contributed by atoms with E-state index in [0.717, 1.165) is 5.69 Å². The Labute approximate surface area is 119 Å². The van der Waals surface area contributed by atoms with Crippen LogP contribution >= 0.6 is 0 Å². The number of carbonyl (C=O) groups excluding carboxylic acids is 1. The molecule has 112 valence electrons. The van der Waals surface area contributed by atoms with Crippen LogP contribution in [0.2, 0.25) is 0 Å². The van der Waals surface area contributed by atoms with Crippen LogP contribution in [0, 0.1) is 0 Å². The van der Waals surface area contributed by atoms with E-state index in [1.54, 1.807) is 40.4 Å². The Bertz CT molecular complexity index is 437. The Morgan fingerprint density at radius 3 is 2.10 bits per heavy atom. The van der Waals surface area contributed by atoms with E-state index in [2.05, 4.69) is 10.6 Å².